The fourth-order valence-corrected chi connectivity index (χ4v) is 3.32. The standard InChI is InChI=1S/C14H20N2O3S/c1-9-5-4-6-16(7-9)14(18)15-11-10(2)8-20-12(11)13(17)19-3/h8-9H,4-7H2,1-3H3,(H,15,18). The number of likely N-dealkylation sites (tertiary alicyclic amines) is 1. The summed E-state index contributed by atoms with van der Waals surface area (Å²) in [5.41, 5.74) is 1.46. The van der Waals surface area contributed by atoms with Crippen molar-refractivity contribution in [3.05, 3.63) is 15.8 Å². The van der Waals surface area contributed by atoms with Gasteiger partial charge < -0.3 is 15.0 Å². The summed E-state index contributed by atoms with van der Waals surface area (Å²) < 4.78 is 4.74. The van der Waals surface area contributed by atoms with E-state index in [2.05, 4.69) is 12.2 Å². The number of nitrogens with one attached hydrogen (secondary N) is 1. The van der Waals surface area contributed by atoms with Crippen molar-refractivity contribution < 1.29 is 14.3 Å². The Kier molecular flexibility index (Phi) is 4.65. The molecule has 0 saturated carbocycles. The van der Waals surface area contributed by atoms with Crippen molar-refractivity contribution in [1.29, 1.82) is 0 Å². The Morgan fingerprint density at radius 3 is 2.90 bits per heavy atom. The lowest BCUT2D eigenvalue weighted by atomic mass is 10.0. The van der Waals surface area contributed by atoms with E-state index in [1.54, 1.807) is 0 Å². The third kappa shape index (κ3) is 3.12. The van der Waals surface area contributed by atoms with Gasteiger partial charge in [-0.3, -0.25) is 0 Å². The van der Waals surface area contributed by atoms with Crippen LogP contribution in [0.25, 0.3) is 0 Å². The quantitative estimate of drug-likeness (QED) is 0.853. The molecule has 0 spiro atoms. The number of piperidine rings is 1. The Morgan fingerprint density at radius 2 is 2.25 bits per heavy atom. The van der Waals surface area contributed by atoms with Crippen molar-refractivity contribution in [2.45, 2.75) is 26.7 Å². The molecule has 0 aliphatic carbocycles. The van der Waals surface area contributed by atoms with Gasteiger partial charge in [0, 0.05) is 13.1 Å². The fraction of sp³-hybridized carbons (Fsp3) is 0.571. The Balaban J connectivity index is 2.11. The number of methoxy groups -OCH3 is 1. The van der Waals surface area contributed by atoms with Crippen LogP contribution >= 0.6 is 11.3 Å². The van der Waals surface area contributed by atoms with Crippen LogP contribution in [-0.4, -0.2) is 37.1 Å². The van der Waals surface area contributed by atoms with E-state index < -0.39 is 5.97 Å². The predicted molar refractivity (Wildman–Crippen MR) is 79.4 cm³/mol. The van der Waals surface area contributed by atoms with Gasteiger partial charge in [0.2, 0.25) is 0 Å². The third-order valence-electron chi connectivity index (χ3n) is 3.52. The lowest BCUT2D eigenvalue weighted by Crippen LogP contribution is -2.41. The number of esters is 1. The molecule has 1 fully saturated rings. The predicted octanol–water partition coefficient (Wildman–Crippen LogP) is 3.11. The molecule has 1 aromatic rings. The Bertz CT molecular complexity index is 513. The van der Waals surface area contributed by atoms with Crippen molar-refractivity contribution in [3.8, 4) is 0 Å². The Hall–Kier alpha value is -1.56. The van der Waals surface area contributed by atoms with Gasteiger partial charge in [0.1, 0.15) is 4.88 Å². The number of aryl methyl sites for hydroxylation is 1. The zero-order valence-electron chi connectivity index (χ0n) is 12.1. The van der Waals surface area contributed by atoms with E-state index in [1.165, 1.54) is 18.4 Å². The first kappa shape index (κ1) is 14.8. The molecule has 0 bridgehead atoms. The second-order valence-corrected chi connectivity index (χ2v) is 6.12. The molecule has 6 heteroatoms. The molecule has 20 heavy (non-hydrogen) atoms. The van der Waals surface area contributed by atoms with Crippen molar-refractivity contribution in [3.63, 3.8) is 0 Å². The number of urea groups is 1. The second kappa shape index (κ2) is 6.26. The number of nitrogens with zero attached hydrogens (tertiary/aromatic N) is 1. The van der Waals surface area contributed by atoms with E-state index in [1.807, 2.05) is 17.2 Å². The van der Waals surface area contributed by atoms with Crippen molar-refractivity contribution in [1.82, 2.24) is 4.90 Å². The molecule has 1 N–H and O–H groups in total. The molecular weight excluding hydrogens is 276 g/mol. The van der Waals surface area contributed by atoms with Gasteiger partial charge >= 0.3 is 12.0 Å². The summed E-state index contributed by atoms with van der Waals surface area (Å²) in [6.45, 7) is 5.56. The second-order valence-electron chi connectivity index (χ2n) is 5.24. The van der Waals surface area contributed by atoms with Gasteiger partial charge in [0.25, 0.3) is 0 Å². The highest BCUT2D eigenvalue weighted by Crippen LogP contribution is 2.29. The number of hydrogen-bond donors (Lipinski definition) is 1. The van der Waals surface area contributed by atoms with Gasteiger partial charge in [0.05, 0.1) is 12.8 Å². The van der Waals surface area contributed by atoms with E-state index in [0.29, 0.717) is 16.5 Å². The summed E-state index contributed by atoms with van der Waals surface area (Å²) in [6, 6.07) is -0.136. The van der Waals surface area contributed by atoms with Gasteiger partial charge in [-0.2, -0.15) is 0 Å². The molecule has 1 unspecified atom stereocenters. The molecule has 1 aromatic heterocycles. The summed E-state index contributed by atoms with van der Waals surface area (Å²) in [7, 11) is 1.34. The molecule has 2 heterocycles. The van der Waals surface area contributed by atoms with Gasteiger partial charge in [-0.15, -0.1) is 11.3 Å². The average Bonchev–Trinajstić information content (AvgIpc) is 2.79. The summed E-state index contributed by atoms with van der Waals surface area (Å²) >= 11 is 1.29. The van der Waals surface area contributed by atoms with Crippen LogP contribution in [-0.2, 0) is 4.74 Å². The third-order valence-corrected chi connectivity index (χ3v) is 4.60. The zero-order valence-corrected chi connectivity index (χ0v) is 12.9. The van der Waals surface area contributed by atoms with Gasteiger partial charge in [0.15, 0.2) is 0 Å². The van der Waals surface area contributed by atoms with E-state index in [0.717, 1.165) is 31.5 Å². The summed E-state index contributed by atoms with van der Waals surface area (Å²) in [5, 5.41) is 4.71. The summed E-state index contributed by atoms with van der Waals surface area (Å²) in [4.78, 5) is 26.2. The Labute approximate surface area is 122 Å². The zero-order chi connectivity index (χ0) is 14.7. The number of rotatable bonds is 2. The van der Waals surface area contributed by atoms with Crippen LogP contribution in [0.4, 0.5) is 10.5 Å². The first-order valence-electron chi connectivity index (χ1n) is 6.75. The number of thiophene rings is 1. The molecule has 1 atom stereocenters. The maximum atomic E-state index is 12.3. The molecule has 1 aliphatic rings. The average molecular weight is 296 g/mol. The lowest BCUT2D eigenvalue weighted by molar-refractivity contribution is 0.0607. The Morgan fingerprint density at radius 1 is 1.50 bits per heavy atom. The molecule has 2 amide bonds. The first-order chi connectivity index (χ1) is 9.52. The smallest absolute Gasteiger partial charge is 0.350 e. The molecule has 2 rings (SSSR count). The number of carbonyl (C=O) groups excluding carboxylic acids is 2. The fourth-order valence-electron chi connectivity index (χ4n) is 2.40. The molecule has 5 nitrogen and oxygen atoms in total. The van der Waals surface area contributed by atoms with Crippen molar-refractivity contribution in [2.24, 2.45) is 5.92 Å². The number of anilines is 1. The first-order valence-corrected chi connectivity index (χ1v) is 7.63. The van der Waals surface area contributed by atoms with E-state index >= 15 is 0 Å². The van der Waals surface area contributed by atoms with Gasteiger partial charge in [-0.25, -0.2) is 9.59 Å². The molecule has 1 aliphatic heterocycles. The van der Waals surface area contributed by atoms with E-state index in [-0.39, 0.29) is 6.03 Å². The molecular formula is C14H20N2O3S. The van der Waals surface area contributed by atoms with E-state index in [4.69, 9.17) is 4.74 Å². The molecule has 0 radical (unpaired) electrons. The SMILES string of the molecule is COC(=O)c1scc(C)c1NC(=O)N1CCCC(C)C1. The van der Waals surface area contributed by atoms with Gasteiger partial charge in [-0.1, -0.05) is 6.92 Å². The minimum atomic E-state index is -0.412. The van der Waals surface area contributed by atoms with Crippen LogP contribution in [0.2, 0.25) is 0 Å². The van der Waals surface area contributed by atoms with Crippen LogP contribution in [0, 0.1) is 12.8 Å². The minimum Gasteiger partial charge on any atom is -0.465 e. The topological polar surface area (TPSA) is 58.6 Å². The number of carbonyl (C=O) groups is 2. The van der Waals surface area contributed by atoms with Crippen molar-refractivity contribution >= 4 is 29.0 Å². The maximum absolute atomic E-state index is 12.3. The van der Waals surface area contributed by atoms with Crippen LogP contribution in [0.15, 0.2) is 5.38 Å². The van der Waals surface area contributed by atoms with Crippen LogP contribution in [0.3, 0.4) is 0 Å². The monoisotopic (exact) mass is 296 g/mol. The van der Waals surface area contributed by atoms with Gasteiger partial charge in [-0.05, 0) is 36.6 Å². The highest BCUT2D eigenvalue weighted by Gasteiger charge is 2.24. The van der Waals surface area contributed by atoms with E-state index in [9.17, 15) is 9.59 Å². The normalized spacial score (nSPS) is 18.8. The highest BCUT2D eigenvalue weighted by atomic mass is 32.1. The maximum Gasteiger partial charge on any atom is 0.350 e. The largest absolute Gasteiger partial charge is 0.465 e. The molecule has 1 saturated heterocycles. The lowest BCUT2D eigenvalue weighted by Gasteiger charge is -2.31. The number of amides is 2. The van der Waals surface area contributed by atoms with Crippen LogP contribution in [0.5, 0.6) is 0 Å². The van der Waals surface area contributed by atoms with Crippen molar-refractivity contribution in [2.75, 3.05) is 25.5 Å². The summed E-state index contributed by atoms with van der Waals surface area (Å²) in [5.74, 6) is 0.114. The minimum absolute atomic E-state index is 0.136. The molecule has 0 aromatic carbocycles. The number of hydrogen-bond acceptors (Lipinski definition) is 4. The summed E-state index contributed by atoms with van der Waals surface area (Å²) in [6.07, 6.45) is 2.19. The highest BCUT2D eigenvalue weighted by molar-refractivity contribution is 7.12. The van der Waals surface area contributed by atoms with Crippen LogP contribution in [0.1, 0.15) is 35.0 Å². The van der Waals surface area contributed by atoms with Crippen LogP contribution < -0.4 is 5.32 Å². The molecule has 110 valence electrons. The number of ether oxygens (including phenoxy) is 1.